The van der Waals surface area contributed by atoms with Crippen LogP contribution in [0.4, 0.5) is 0 Å². The summed E-state index contributed by atoms with van der Waals surface area (Å²) in [6, 6.07) is 11.8. The Morgan fingerprint density at radius 2 is 1.10 bits per heavy atom. The van der Waals surface area contributed by atoms with E-state index in [2.05, 4.69) is 9.98 Å². The van der Waals surface area contributed by atoms with E-state index in [4.69, 9.17) is 28.9 Å². The Bertz CT molecular complexity index is 1490. The Labute approximate surface area is 284 Å². The van der Waals surface area contributed by atoms with Crippen LogP contribution in [0.25, 0.3) is 0 Å². The number of unbranched alkanes of at least 4 members (excludes halogenated alkanes) is 4. The Kier molecular flexibility index (Phi) is 19.1. The van der Waals surface area contributed by atoms with Gasteiger partial charge in [0.1, 0.15) is 5.75 Å². The molecule has 0 aliphatic carbocycles. The number of carbonyl (C=O) groups is 4. The van der Waals surface area contributed by atoms with Crippen LogP contribution in [0.5, 0.6) is 5.75 Å². The Hall–Kier alpha value is -5.63. The van der Waals surface area contributed by atoms with Gasteiger partial charge in [-0.15, -0.1) is 5.26 Å². The third-order valence-electron chi connectivity index (χ3n) is 7.01. The Morgan fingerprint density at radius 1 is 0.653 bits per heavy atom. The molecule has 0 saturated carbocycles. The fourth-order valence-corrected chi connectivity index (χ4v) is 4.35. The molecule has 2 rings (SSSR count). The molecule has 2 unspecified atom stereocenters. The maximum absolute atomic E-state index is 12.3. The topological polar surface area (TPSA) is 197 Å². The molecule has 0 N–H and O–H groups in total. The highest BCUT2D eigenvalue weighted by Crippen LogP contribution is 2.15. The van der Waals surface area contributed by atoms with Gasteiger partial charge in [0.25, 0.3) is 6.26 Å². The molecule has 0 spiro atoms. The molecular weight excluding hydrogens is 638 g/mol. The molecule has 0 heterocycles. The van der Waals surface area contributed by atoms with Crippen molar-refractivity contribution in [3.05, 3.63) is 65.2 Å². The Morgan fingerprint density at radius 3 is 1.53 bits per heavy atom. The van der Waals surface area contributed by atoms with Crippen LogP contribution in [-0.4, -0.2) is 68.1 Å². The summed E-state index contributed by atoms with van der Waals surface area (Å²) in [6.45, 7) is 1.62. The number of hydrogen-bond donors (Lipinski definition) is 0. The van der Waals surface area contributed by atoms with Crippen LogP contribution in [-0.2, 0) is 60.6 Å². The normalized spacial score (nSPS) is 11.3. The van der Waals surface area contributed by atoms with Gasteiger partial charge >= 0.3 is 23.9 Å². The lowest BCUT2D eigenvalue weighted by Gasteiger charge is -2.11. The average Bonchev–Trinajstić information content (AvgIpc) is 3.09. The zero-order valence-corrected chi connectivity index (χ0v) is 27.3. The molecule has 0 amide bonds. The number of aliphatic imine (C=N–C) groups is 2. The highest BCUT2D eigenvalue weighted by Gasteiger charge is 2.21. The maximum Gasteiger partial charge on any atom is 0.332 e. The van der Waals surface area contributed by atoms with E-state index in [0.717, 1.165) is 11.1 Å². The van der Waals surface area contributed by atoms with Gasteiger partial charge in [-0.05, 0) is 68.7 Å². The third kappa shape index (κ3) is 17.2. The molecule has 0 saturated heterocycles. The van der Waals surface area contributed by atoms with Crippen LogP contribution < -0.4 is 4.74 Å². The smallest absolute Gasteiger partial charge is 0.332 e. The minimum absolute atomic E-state index is 0.0665. The molecule has 2 aromatic carbocycles. The number of rotatable bonds is 23. The fourth-order valence-electron chi connectivity index (χ4n) is 4.35. The minimum atomic E-state index is -1.07. The molecule has 0 aliphatic rings. The molecule has 14 nitrogen and oxygen atoms in total. The predicted molar refractivity (Wildman–Crippen MR) is 171 cm³/mol. The Balaban J connectivity index is 1.50. The number of isocyanates is 2. The van der Waals surface area contributed by atoms with Crippen molar-refractivity contribution in [1.29, 1.82) is 5.26 Å². The SMILES string of the molecule is Cc1ccc(CC(N=C=O)C(=O)OCCCCCC(=O)OCOC(=O)CCCCCOC(=O)C(Cc2ccc(OC#N)cc2)N=C=O)cc1. The summed E-state index contributed by atoms with van der Waals surface area (Å²) in [7, 11) is 0. The van der Waals surface area contributed by atoms with Gasteiger partial charge in [-0.1, -0.05) is 42.0 Å². The van der Waals surface area contributed by atoms with Gasteiger partial charge < -0.3 is 23.7 Å². The van der Waals surface area contributed by atoms with Crippen LogP contribution >= 0.6 is 0 Å². The maximum atomic E-state index is 12.3. The molecular formula is C35H39N3O11. The standard InChI is InChI=1S/C35H39N3O11/c1-26-10-12-27(13-11-26)20-30(37-23-39)34(43)45-18-6-2-4-8-32(41)48-25-49-33(42)9-5-3-7-19-46-35(44)31(38-24-40)21-28-14-16-29(17-15-28)47-22-36/h10-17,30-31H,2-9,18-21,25H2,1H3. The quantitative estimate of drug-likeness (QED) is 0.0308. The second-order valence-corrected chi connectivity index (χ2v) is 10.8. The number of hydrogen-bond acceptors (Lipinski definition) is 14. The number of ether oxygens (including phenoxy) is 5. The predicted octanol–water partition coefficient (Wildman–Crippen LogP) is 4.30. The highest BCUT2D eigenvalue weighted by molar-refractivity contribution is 5.78. The van der Waals surface area contributed by atoms with Gasteiger partial charge in [0.15, 0.2) is 12.1 Å². The number of nitrogens with zero attached hydrogens (tertiary/aromatic N) is 3. The lowest BCUT2D eigenvalue weighted by Crippen LogP contribution is -2.24. The van der Waals surface area contributed by atoms with E-state index in [1.54, 1.807) is 30.5 Å². The molecule has 2 atom stereocenters. The molecule has 0 radical (unpaired) electrons. The van der Waals surface area contributed by atoms with E-state index in [1.165, 1.54) is 12.2 Å². The van der Waals surface area contributed by atoms with Crippen LogP contribution in [0.2, 0.25) is 0 Å². The van der Waals surface area contributed by atoms with Crippen LogP contribution in [0.3, 0.4) is 0 Å². The molecule has 0 aromatic heterocycles. The molecule has 0 aliphatic heterocycles. The first-order chi connectivity index (χ1) is 23.7. The van der Waals surface area contributed by atoms with E-state index in [9.17, 15) is 28.8 Å². The van der Waals surface area contributed by atoms with E-state index < -0.39 is 42.8 Å². The molecule has 260 valence electrons. The number of esters is 4. The second-order valence-electron chi connectivity index (χ2n) is 10.8. The largest absolute Gasteiger partial charge is 0.464 e. The molecule has 0 bridgehead atoms. The summed E-state index contributed by atoms with van der Waals surface area (Å²) in [5.41, 5.74) is 2.59. The first-order valence-electron chi connectivity index (χ1n) is 15.7. The summed E-state index contributed by atoms with van der Waals surface area (Å²) in [5, 5.41) is 8.54. The van der Waals surface area contributed by atoms with Gasteiger partial charge in [-0.3, -0.25) is 9.59 Å². The summed E-state index contributed by atoms with van der Waals surface area (Å²) >= 11 is 0. The zero-order valence-electron chi connectivity index (χ0n) is 27.3. The van der Waals surface area contributed by atoms with Crippen molar-refractivity contribution >= 4 is 36.0 Å². The number of aryl methyl sites for hydroxylation is 1. The monoisotopic (exact) mass is 677 g/mol. The van der Waals surface area contributed by atoms with E-state index in [0.29, 0.717) is 49.8 Å². The van der Waals surface area contributed by atoms with Crippen molar-refractivity contribution in [2.75, 3.05) is 20.0 Å². The van der Waals surface area contributed by atoms with Gasteiger partial charge in [0, 0.05) is 25.7 Å². The van der Waals surface area contributed by atoms with Crippen molar-refractivity contribution < 1.29 is 52.5 Å². The summed E-state index contributed by atoms with van der Waals surface area (Å²) in [5.74, 6) is -2.04. The molecule has 49 heavy (non-hydrogen) atoms. The van der Waals surface area contributed by atoms with Gasteiger partial charge in [-0.2, -0.15) is 9.98 Å². The second kappa shape index (κ2) is 23.7. The third-order valence-corrected chi connectivity index (χ3v) is 7.01. The molecule has 14 heteroatoms. The van der Waals surface area contributed by atoms with Gasteiger partial charge in [0.2, 0.25) is 19.0 Å². The lowest BCUT2D eigenvalue weighted by molar-refractivity contribution is -0.167. The fraction of sp³-hybridized carbons (Fsp3) is 0.457. The summed E-state index contributed by atoms with van der Waals surface area (Å²) < 4.78 is 25.0. The number of carbonyl (C=O) groups excluding carboxylic acids is 6. The summed E-state index contributed by atoms with van der Waals surface area (Å²) in [4.78, 5) is 77.1. The number of nitriles is 1. The van der Waals surface area contributed by atoms with Crippen LogP contribution in [0.15, 0.2) is 58.5 Å². The first-order valence-corrected chi connectivity index (χ1v) is 15.7. The van der Waals surface area contributed by atoms with E-state index >= 15 is 0 Å². The van der Waals surface area contributed by atoms with Crippen LogP contribution in [0, 0.1) is 18.4 Å². The van der Waals surface area contributed by atoms with E-state index in [1.807, 2.05) is 31.2 Å². The van der Waals surface area contributed by atoms with Crippen molar-refractivity contribution in [1.82, 2.24) is 0 Å². The van der Waals surface area contributed by atoms with Gasteiger partial charge in [-0.25, -0.2) is 19.2 Å². The van der Waals surface area contributed by atoms with Crippen molar-refractivity contribution in [3.63, 3.8) is 0 Å². The van der Waals surface area contributed by atoms with Crippen molar-refractivity contribution in [2.24, 2.45) is 9.98 Å². The number of benzene rings is 2. The van der Waals surface area contributed by atoms with Gasteiger partial charge in [0.05, 0.1) is 13.2 Å². The van der Waals surface area contributed by atoms with E-state index in [-0.39, 0.29) is 38.9 Å². The minimum Gasteiger partial charge on any atom is -0.464 e. The van der Waals surface area contributed by atoms with Crippen molar-refractivity contribution in [2.45, 2.75) is 83.2 Å². The molecule has 2 aromatic rings. The molecule has 0 fully saturated rings. The highest BCUT2D eigenvalue weighted by atomic mass is 16.7. The average molecular weight is 678 g/mol. The lowest BCUT2D eigenvalue weighted by atomic mass is 10.1. The van der Waals surface area contributed by atoms with Crippen LogP contribution in [0.1, 0.15) is 68.1 Å². The zero-order chi connectivity index (χ0) is 35.7. The van der Waals surface area contributed by atoms with Crippen molar-refractivity contribution in [3.8, 4) is 12.0 Å². The first kappa shape index (κ1) is 39.5. The summed E-state index contributed by atoms with van der Waals surface area (Å²) in [6.07, 6.45) is 7.88.